The molecule has 0 aromatic heterocycles. The minimum absolute atomic E-state index is 0.277. The first-order valence-corrected chi connectivity index (χ1v) is 10.0. The van der Waals surface area contributed by atoms with Crippen LogP contribution in [0.3, 0.4) is 0 Å². The van der Waals surface area contributed by atoms with Gasteiger partial charge < -0.3 is 18.9 Å². The molecule has 4 heteroatoms. The summed E-state index contributed by atoms with van der Waals surface area (Å²) in [7, 11) is 3.31. The summed E-state index contributed by atoms with van der Waals surface area (Å²) in [5.74, 6) is 2.62. The lowest BCUT2D eigenvalue weighted by atomic mass is 9.71. The quantitative estimate of drug-likeness (QED) is 0.298. The third kappa shape index (κ3) is 6.63. The molecule has 2 atom stereocenters. The van der Waals surface area contributed by atoms with Gasteiger partial charge in [0.25, 0.3) is 0 Å². The Kier molecular flexibility index (Phi) is 9.32. The molecule has 0 fully saturated rings. The monoisotopic (exact) mass is 376 g/mol. The van der Waals surface area contributed by atoms with Gasteiger partial charge in [0, 0.05) is 32.3 Å². The van der Waals surface area contributed by atoms with E-state index in [1.165, 1.54) is 29.5 Å². The molecule has 0 heterocycles. The zero-order valence-corrected chi connectivity index (χ0v) is 17.6. The SMILES string of the molecule is COCOCCCc1ccc(OCOC)c([C@@H]2C=C(C)CC[C@H]2C(C)C)c1. The van der Waals surface area contributed by atoms with Gasteiger partial charge in [-0.3, -0.25) is 0 Å². The Morgan fingerprint density at radius 1 is 1.11 bits per heavy atom. The van der Waals surface area contributed by atoms with Crippen LogP contribution in [0.15, 0.2) is 29.8 Å². The van der Waals surface area contributed by atoms with Crippen LogP contribution in [-0.2, 0) is 20.6 Å². The van der Waals surface area contributed by atoms with Crippen molar-refractivity contribution in [3.05, 3.63) is 41.0 Å². The van der Waals surface area contributed by atoms with E-state index in [4.69, 9.17) is 18.9 Å². The minimum atomic E-state index is 0.277. The summed E-state index contributed by atoms with van der Waals surface area (Å²) >= 11 is 0. The molecule has 2 rings (SSSR count). The van der Waals surface area contributed by atoms with Crippen LogP contribution in [0.4, 0.5) is 0 Å². The van der Waals surface area contributed by atoms with Crippen molar-refractivity contribution in [3.63, 3.8) is 0 Å². The Bertz CT molecular complexity index is 594. The third-order valence-electron chi connectivity index (χ3n) is 5.37. The van der Waals surface area contributed by atoms with Crippen LogP contribution in [0.2, 0.25) is 0 Å². The summed E-state index contributed by atoms with van der Waals surface area (Å²) in [6.07, 6.45) is 6.86. The van der Waals surface area contributed by atoms with E-state index < -0.39 is 0 Å². The average molecular weight is 377 g/mol. The number of hydrogen-bond donors (Lipinski definition) is 0. The van der Waals surface area contributed by atoms with Crippen LogP contribution in [0, 0.1) is 11.8 Å². The lowest BCUT2D eigenvalue weighted by Crippen LogP contribution is -2.22. The molecular formula is C23H36O4. The molecule has 0 aliphatic heterocycles. The summed E-state index contributed by atoms with van der Waals surface area (Å²) in [6, 6.07) is 6.60. The number of aryl methyl sites for hydroxylation is 1. The van der Waals surface area contributed by atoms with E-state index in [0.717, 1.165) is 18.6 Å². The molecule has 0 bridgehead atoms. The molecule has 0 unspecified atom stereocenters. The molecule has 0 saturated carbocycles. The predicted octanol–water partition coefficient (Wildman–Crippen LogP) is 5.32. The molecule has 152 valence electrons. The second-order valence-electron chi connectivity index (χ2n) is 7.83. The van der Waals surface area contributed by atoms with E-state index in [1.807, 2.05) is 0 Å². The highest BCUT2D eigenvalue weighted by molar-refractivity contribution is 5.43. The molecule has 0 amide bonds. The van der Waals surface area contributed by atoms with Crippen LogP contribution < -0.4 is 4.74 Å². The standard InChI is InChI=1S/C23H36O4/c1-17(2)20-10-8-18(3)13-21(20)22-14-19(7-6-12-26-15-24-4)9-11-23(22)27-16-25-5/h9,11,13-14,17,20-21H,6-8,10,12,15-16H2,1-5H3/t20-,21+/m0/s1. The summed E-state index contributed by atoms with van der Waals surface area (Å²) < 4.78 is 21.4. The summed E-state index contributed by atoms with van der Waals surface area (Å²) in [5.41, 5.74) is 4.10. The van der Waals surface area contributed by atoms with Crippen LogP contribution in [0.5, 0.6) is 5.75 Å². The third-order valence-corrected chi connectivity index (χ3v) is 5.37. The largest absolute Gasteiger partial charge is 0.467 e. The zero-order valence-electron chi connectivity index (χ0n) is 17.6. The van der Waals surface area contributed by atoms with E-state index in [0.29, 0.717) is 31.2 Å². The van der Waals surface area contributed by atoms with Crippen LogP contribution in [-0.4, -0.2) is 34.4 Å². The molecule has 4 nitrogen and oxygen atoms in total. The van der Waals surface area contributed by atoms with E-state index in [1.54, 1.807) is 14.2 Å². The maximum atomic E-state index is 5.92. The zero-order chi connectivity index (χ0) is 19.6. The van der Waals surface area contributed by atoms with Gasteiger partial charge in [-0.05, 0) is 56.1 Å². The highest BCUT2D eigenvalue weighted by Crippen LogP contribution is 2.43. The fraction of sp³-hybridized carbons (Fsp3) is 0.652. The first-order valence-electron chi connectivity index (χ1n) is 10.0. The molecule has 0 N–H and O–H groups in total. The molecule has 1 aromatic rings. The molecule has 1 aliphatic carbocycles. The van der Waals surface area contributed by atoms with E-state index >= 15 is 0 Å². The first-order chi connectivity index (χ1) is 13.1. The lowest BCUT2D eigenvalue weighted by Gasteiger charge is -2.34. The molecule has 1 aliphatic rings. The van der Waals surface area contributed by atoms with E-state index in [-0.39, 0.29) is 6.79 Å². The fourth-order valence-corrected chi connectivity index (χ4v) is 3.94. The van der Waals surface area contributed by atoms with Gasteiger partial charge >= 0.3 is 0 Å². The van der Waals surface area contributed by atoms with E-state index in [2.05, 4.69) is 45.0 Å². The number of ether oxygens (including phenoxy) is 4. The van der Waals surface area contributed by atoms with Crippen molar-refractivity contribution < 1.29 is 18.9 Å². The number of benzene rings is 1. The lowest BCUT2D eigenvalue weighted by molar-refractivity contribution is -0.0310. The van der Waals surface area contributed by atoms with Crippen molar-refractivity contribution in [3.8, 4) is 5.75 Å². The van der Waals surface area contributed by atoms with Crippen LogP contribution >= 0.6 is 0 Å². The second kappa shape index (κ2) is 11.5. The molecule has 0 spiro atoms. The van der Waals surface area contributed by atoms with E-state index in [9.17, 15) is 0 Å². The van der Waals surface area contributed by atoms with Gasteiger partial charge in [-0.25, -0.2) is 0 Å². The summed E-state index contributed by atoms with van der Waals surface area (Å²) in [6.45, 7) is 8.26. The van der Waals surface area contributed by atoms with Crippen molar-refractivity contribution in [1.82, 2.24) is 0 Å². The smallest absolute Gasteiger partial charge is 0.188 e. The van der Waals surface area contributed by atoms with Crippen molar-refractivity contribution in [2.24, 2.45) is 11.8 Å². The van der Waals surface area contributed by atoms with Gasteiger partial charge in [0.2, 0.25) is 0 Å². The van der Waals surface area contributed by atoms with Gasteiger partial charge in [0.05, 0.1) is 0 Å². The Balaban J connectivity index is 2.23. The Morgan fingerprint density at radius 2 is 1.89 bits per heavy atom. The van der Waals surface area contributed by atoms with Gasteiger partial charge in [0.15, 0.2) is 6.79 Å². The maximum absolute atomic E-state index is 5.92. The van der Waals surface area contributed by atoms with Crippen molar-refractivity contribution in [2.45, 2.75) is 52.4 Å². The Labute approximate surface area is 164 Å². The Morgan fingerprint density at radius 3 is 2.59 bits per heavy atom. The molecule has 0 radical (unpaired) electrons. The normalized spacial score (nSPS) is 20.0. The molecule has 1 aromatic carbocycles. The Hall–Kier alpha value is -1.36. The first kappa shape index (κ1) is 21.9. The van der Waals surface area contributed by atoms with Crippen molar-refractivity contribution >= 4 is 0 Å². The molecular weight excluding hydrogens is 340 g/mol. The predicted molar refractivity (Wildman–Crippen MR) is 109 cm³/mol. The molecule has 0 saturated heterocycles. The fourth-order valence-electron chi connectivity index (χ4n) is 3.94. The van der Waals surface area contributed by atoms with Crippen LogP contribution in [0.1, 0.15) is 57.1 Å². The summed E-state index contributed by atoms with van der Waals surface area (Å²) in [5, 5.41) is 0. The highest BCUT2D eigenvalue weighted by Gasteiger charge is 2.29. The molecule has 27 heavy (non-hydrogen) atoms. The van der Waals surface area contributed by atoms with Gasteiger partial charge in [-0.1, -0.05) is 37.6 Å². The number of allylic oxidation sites excluding steroid dienone is 2. The minimum Gasteiger partial charge on any atom is -0.467 e. The van der Waals surface area contributed by atoms with Crippen molar-refractivity contribution in [1.29, 1.82) is 0 Å². The topological polar surface area (TPSA) is 36.9 Å². The van der Waals surface area contributed by atoms with Gasteiger partial charge in [-0.2, -0.15) is 0 Å². The van der Waals surface area contributed by atoms with Crippen LogP contribution in [0.25, 0.3) is 0 Å². The second-order valence-corrected chi connectivity index (χ2v) is 7.83. The van der Waals surface area contributed by atoms with Gasteiger partial charge in [-0.15, -0.1) is 0 Å². The number of hydrogen-bond acceptors (Lipinski definition) is 4. The number of rotatable bonds is 11. The summed E-state index contributed by atoms with van der Waals surface area (Å²) in [4.78, 5) is 0. The maximum Gasteiger partial charge on any atom is 0.188 e. The average Bonchev–Trinajstić information content (AvgIpc) is 2.66. The van der Waals surface area contributed by atoms with Gasteiger partial charge in [0.1, 0.15) is 12.5 Å². The highest BCUT2D eigenvalue weighted by atomic mass is 16.7. The number of methoxy groups -OCH3 is 2. The van der Waals surface area contributed by atoms with Crippen molar-refractivity contribution in [2.75, 3.05) is 34.4 Å².